The van der Waals surface area contributed by atoms with E-state index in [-0.39, 0.29) is 12.0 Å². The van der Waals surface area contributed by atoms with E-state index in [2.05, 4.69) is 5.32 Å². The molecule has 2 aromatic carbocycles. The van der Waals surface area contributed by atoms with Gasteiger partial charge in [0.05, 0.1) is 11.3 Å². The number of para-hydroxylation sites is 3. The topological polar surface area (TPSA) is 41.5 Å². The van der Waals surface area contributed by atoms with Crippen LogP contribution in [0.3, 0.4) is 0 Å². The summed E-state index contributed by atoms with van der Waals surface area (Å²) in [6.07, 6.45) is -0.307. The van der Waals surface area contributed by atoms with Gasteiger partial charge in [-0.3, -0.25) is 0 Å². The quantitative estimate of drug-likeness (QED) is 0.765. The molecular weight excluding hydrogens is 202 g/mol. The van der Waals surface area contributed by atoms with E-state index >= 15 is 0 Å². The predicted octanol–water partition coefficient (Wildman–Crippen LogP) is 2.90. The smallest absolute Gasteiger partial charge is 0.200 e. The van der Waals surface area contributed by atoms with Crippen LogP contribution in [0.25, 0.3) is 0 Å². The summed E-state index contributed by atoms with van der Waals surface area (Å²) in [5.41, 5.74) is 1.70. The Hall–Kier alpha value is -2.16. The van der Waals surface area contributed by atoms with Gasteiger partial charge in [0.25, 0.3) is 0 Å². The molecule has 2 aromatic rings. The molecule has 0 aliphatic carbocycles. The molecule has 3 rings (SSSR count). The van der Waals surface area contributed by atoms with E-state index in [0.29, 0.717) is 0 Å². The molecule has 1 unspecified atom stereocenters. The number of hydrogen-bond acceptors (Lipinski definition) is 3. The van der Waals surface area contributed by atoms with Crippen LogP contribution in [-0.4, -0.2) is 5.11 Å². The van der Waals surface area contributed by atoms with Gasteiger partial charge in [0.2, 0.25) is 0 Å². The standard InChI is InChI=1S/C13H11NO2/c15-11-7-3-1-5-9(11)13-14-10-6-2-4-8-12(10)16-13/h1-8,13-15H. The third-order valence-electron chi connectivity index (χ3n) is 2.64. The number of hydrogen-bond donors (Lipinski definition) is 2. The van der Waals surface area contributed by atoms with E-state index in [1.54, 1.807) is 12.1 Å². The average Bonchev–Trinajstić information content (AvgIpc) is 2.73. The number of benzene rings is 2. The zero-order chi connectivity index (χ0) is 11.0. The molecule has 0 spiro atoms. The van der Waals surface area contributed by atoms with Crippen molar-refractivity contribution in [2.75, 3.05) is 5.32 Å². The molecule has 1 atom stereocenters. The summed E-state index contributed by atoms with van der Waals surface area (Å²) in [5, 5.41) is 12.9. The fourth-order valence-corrected chi connectivity index (χ4v) is 1.84. The molecular formula is C13H11NO2. The molecule has 0 amide bonds. The van der Waals surface area contributed by atoms with Crippen LogP contribution in [0.2, 0.25) is 0 Å². The first kappa shape index (κ1) is 9.09. The molecule has 1 aliphatic heterocycles. The highest BCUT2D eigenvalue weighted by molar-refractivity contribution is 5.61. The van der Waals surface area contributed by atoms with E-state index < -0.39 is 0 Å². The molecule has 1 aliphatic rings. The Morgan fingerprint density at radius 2 is 1.75 bits per heavy atom. The summed E-state index contributed by atoms with van der Waals surface area (Å²) in [4.78, 5) is 0. The summed E-state index contributed by atoms with van der Waals surface area (Å²) < 4.78 is 5.70. The van der Waals surface area contributed by atoms with E-state index in [1.165, 1.54) is 0 Å². The summed E-state index contributed by atoms with van der Waals surface area (Å²) >= 11 is 0. The van der Waals surface area contributed by atoms with E-state index in [0.717, 1.165) is 17.0 Å². The first-order valence-electron chi connectivity index (χ1n) is 5.15. The van der Waals surface area contributed by atoms with Crippen molar-refractivity contribution in [3.63, 3.8) is 0 Å². The number of phenolic OH excluding ortho intramolecular Hbond substituents is 1. The lowest BCUT2D eigenvalue weighted by Crippen LogP contribution is -2.10. The maximum absolute atomic E-state index is 9.73. The normalized spacial score (nSPS) is 17.4. The van der Waals surface area contributed by atoms with Gasteiger partial charge in [-0.05, 0) is 24.3 Å². The number of fused-ring (bicyclic) bond motifs is 1. The lowest BCUT2D eigenvalue weighted by Gasteiger charge is -2.12. The zero-order valence-electron chi connectivity index (χ0n) is 8.55. The van der Waals surface area contributed by atoms with Crippen molar-refractivity contribution in [3.8, 4) is 11.5 Å². The van der Waals surface area contributed by atoms with Crippen LogP contribution in [0.5, 0.6) is 11.5 Å². The van der Waals surface area contributed by atoms with E-state index in [9.17, 15) is 5.11 Å². The lowest BCUT2D eigenvalue weighted by molar-refractivity contribution is 0.254. The van der Waals surface area contributed by atoms with E-state index in [1.807, 2.05) is 36.4 Å². The van der Waals surface area contributed by atoms with Crippen molar-refractivity contribution >= 4 is 5.69 Å². The monoisotopic (exact) mass is 213 g/mol. The Kier molecular flexibility index (Phi) is 1.96. The average molecular weight is 213 g/mol. The van der Waals surface area contributed by atoms with Crippen molar-refractivity contribution < 1.29 is 9.84 Å². The fourth-order valence-electron chi connectivity index (χ4n) is 1.84. The number of anilines is 1. The Bertz CT molecular complexity index is 500. The van der Waals surface area contributed by atoms with Crippen molar-refractivity contribution in [3.05, 3.63) is 54.1 Å². The van der Waals surface area contributed by atoms with Gasteiger partial charge in [-0.25, -0.2) is 0 Å². The largest absolute Gasteiger partial charge is 0.507 e. The number of rotatable bonds is 1. The first-order chi connectivity index (χ1) is 7.84. The third-order valence-corrected chi connectivity index (χ3v) is 2.64. The lowest BCUT2D eigenvalue weighted by atomic mass is 10.2. The highest BCUT2D eigenvalue weighted by Crippen LogP contribution is 2.39. The van der Waals surface area contributed by atoms with E-state index in [4.69, 9.17) is 4.74 Å². The summed E-state index contributed by atoms with van der Waals surface area (Å²) in [7, 11) is 0. The maximum Gasteiger partial charge on any atom is 0.200 e. The Balaban J connectivity index is 1.95. The minimum absolute atomic E-state index is 0.243. The molecule has 0 radical (unpaired) electrons. The highest BCUT2D eigenvalue weighted by atomic mass is 16.5. The first-order valence-corrected chi connectivity index (χ1v) is 5.15. The number of aromatic hydroxyl groups is 1. The van der Waals surface area contributed by atoms with Gasteiger partial charge in [-0.15, -0.1) is 0 Å². The second-order valence-electron chi connectivity index (χ2n) is 3.70. The van der Waals surface area contributed by atoms with Gasteiger partial charge in [0, 0.05) is 0 Å². The minimum atomic E-state index is -0.307. The van der Waals surface area contributed by atoms with Gasteiger partial charge in [0.1, 0.15) is 11.5 Å². The van der Waals surface area contributed by atoms with Crippen molar-refractivity contribution in [2.24, 2.45) is 0 Å². The van der Waals surface area contributed by atoms with Crippen LogP contribution >= 0.6 is 0 Å². The van der Waals surface area contributed by atoms with Crippen LogP contribution < -0.4 is 10.1 Å². The van der Waals surface area contributed by atoms with Gasteiger partial charge in [-0.1, -0.05) is 24.3 Å². The van der Waals surface area contributed by atoms with Crippen LogP contribution in [0.1, 0.15) is 11.8 Å². The molecule has 0 fully saturated rings. The summed E-state index contributed by atoms with van der Waals surface area (Å²) in [6.45, 7) is 0. The molecule has 0 bridgehead atoms. The summed E-state index contributed by atoms with van der Waals surface area (Å²) in [5.74, 6) is 1.06. The molecule has 2 N–H and O–H groups in total. The summed E-state index contributed by atoms with van der Waals surface area (Å²) in [6, 6.07) is 14.9. The Morgan fingerprint density at radius 1 is 1.00 bits per heavy atom. The zero-order valence-corrected chi connectivity index (χ0v) is 8.55. The molecule has 0 saturated carbocycles. The molecule has 80 valence electrons. The van der Waals surface area contributed by atoms with Crippen LogP contribution in [0, 0.1) is 0 Å². The predicted molar refractivity (Wildman–Crippen MR) is 61.5 cm³/mol. The Labute approximate surface area is 93.3 Å². The number of nitrogens with one attached hydrogen (secondary N) is 1. The van der Waals surface area contributed by atoms with Gasteiger partial charge < -0.3 is 15.2 Å². The molecule has 3 nitrogen and oxygen atoms in total. The highest BCUT2D eigenvalue weighted by Gasteiger charge is 2.24. The van der Waals surface area contributed by atoms with Crippen molar-refractivity contribution in [2.45, 2.75) is 6.23 Å². The number of ether oxygens (including phenoxy) is 1. The van der Waals surface area contributed by atoms with Crippen molar-refractivity contribution in [1.29, 1.82) is 0 Å². The maximum atomic E-state index is 9.73. The minimum Gasteiger partial charge on any atom is -0.507 e. The molecule has 0 aromatic heterocycles. The Morgan fingerprint density at radius 3 is 2.56 bits per heavy atom. The molecule has 16 heavy (non-hydrogen) atoms. The van der Waals surface area contributed by atoms with Gasteiger partial charge in [0.15, 0.2) is 6.23 Å². The molecule has 0 saturated heterocycles. The SMILES string of the molecule is Oc1ccccc1C1Nc2ccccc2O1. The van der Waals surface area contributed by atoms with Crippen LogP contribution in [-0.2, 0) is 0 Å². The molecule has 3 heteroatoms. The third kappa shape index (κ3) is 1.37. The second kappa shape index (κ2) is 3.45. The molecule has 1 heterocycles. The van der Waals surface area contributed by atoms with Gasteiger partial charge in [-0.2, -0.15) is 0 Å². The van der Waals surface area contributed by atoms with Crippen molar-refractivity contribution in [1.82, 2.24) is 0 Å². The fraction of sp³-hybridized carbons (Fsp3) is 0.0769. The second-order valence-corrected chi connectivity index (χ2v) is 3.70. The van der Waals surface area contributed by atoms with Crippen LogP contribution in [0.4, 0.5) is 5.69 Å². The van der Waals surface area contributed by atoms with Crippen LogP contribution in [0.15, 0.2) is 48.5 Å². The number of phenols is 1. The van der Waals surface area contributed by atoms with Gasteiger partial charge >= 0.3 is 0 Å².